The molecule has 0 unspecified atom stereocenters. The minimum absolute atomic E-state index is 0.987. The zero-order chi connectivity index (χ0) is 15.1. The zero-order valence-corrected chi connectivity index (χ0v) is 14.4. The van der Waals surface area contributed by atoms with Crippen LogP contribution in [0, 0.1) is 6.92 Å². The third-order valence-corrected chi connectivity index (χ3v) is 5.33. The second kappa shape index (κ2) is 5.38. The summed E-state index contributed by atoms with van der Waals surface area (Å²) in [6.45, 7) is 2.10. The maximum absolute atomic E-state index is 4.85. The van der Waals surface area contributed by atoms with Gasteiger partial charge in [0.05, 0.1) is 15.9 Å². The normalized spacial score (nSPS) is 11.2. The molecule has 0 N–H and O–H groups in total. The molecule has 0 saturated carbocycles. The minimum atomic E-state index is 0.987. The van der Waals surface area contributed by atoms with Gasteiger partial charge in [0.2, 0.25) is 0 Å². The number of fused-ring (bicyclic) bond motifs is 1. The van der Waals surface area contributed by atoms with Crippen molar-refractivity contribution in [3.8, 4) is 16.4 Å². The Balaban J connectivity index is 2.03. The molecule has 22 heavy (non-hydrogen) atoms. The number of imidazole rings is 1. The number of para-hydroxylation sites is 2. The first-order valence-electron chi connectivity index (χ1n) is 7.01. The van der Waals surface area contributed by atoms with Gasteiger partial charge in [0.15, 0.2) is 5.82 Å². The maximum atomic E-state index is 4.85. The molecule has 0 fully saturated rings. The lowest BCUT2D eigenvalue weighted by Crippen LogP contribution is -1.96. The van der Waals surface area contributed by atoms with E-state index in [0.29, 0.717) is 0 Å². The topological polar surface area (TPSA) is 17.8 Å². The molecule has 0 aliphatic rings. The third kappa shape index (κ3) is 2.28. The van der Waals surface area contributed by atoms with Crippen LogP contribution in [-0.4, -0.2) is 9.55 Å². The van der Waals surface area contributed by atoms with Gasteiger partial charge < -0.3 is 0 Å². The van der Waals surface area contributed by atoms with Crippen LogP contribution in [0.3, 0.4) is 0 Å². The van der Waals surface area contributed by atoms with Crippen molar-refractivity contribution >= 4 is 38.3 Å². The van der Waals surface area contributed by atoms with Crippen LogP contribution in [-0.2, 0) is 0 Å². The van der Waals surface area contributed by atoms with Gasteiger partial charge in [-0.1, -0.05) is 29.8 Å². The Kier molecular flexibility index (Phi) is 3.36. The SMILES string of the molecule is Cc1ccc(-n2c(-c3cc(Br)cs3)nc3ccccc32)cc1. The molecule has 2 aromatic carbocycles. The van der Waals surface area contributed by atoms with Crippen LogP contribution in [0.5, 0.6) is 0 Å². The highest BCUT2D eigenvalue weighted by molar-refractivity contribution is 9.10. The molecule has 0 atom stereocenters. The van der Waals surface area contributed by atoms with Gasteiger partial charge in [-0.05, 0) is 53.2 Å². The van der Waals surface area contributed by atoms with E-state index in [-0.39, 0.29) is 0 Å². The van der Waals surface area contributed by atoms with Crippen molar-refractivity contribution in [2.45, 2.75) is 6.92 Å². The number of thiophene rings is 1. The molecule has 0 aliphatic carbocycles. The zero-order valence-electron chi connectivity index (χ0n) is 12.0. The van der Waals surface area contributed by atoms with E-state index >= 15 is 0 Å². The fourth-order valence-corrected chi connectivity index (χ4v) is 3.98. The van der Waals surface area contributed by atoms with Gasteiger partial charge in [0, 0.05) is 15.5 Å². The molecule has 0 radical (unpaired) electrons. The van der Waals surface area contributed by atoms with E-state index < -0.39 is 0 Å². The summed E-state index contributed by atoms with van der Waals surface area (Å²) < 4.78 is 3.32. The van der Waals surface area contributed by atoms with E-state index in [9.17, 15) is 0 Å². The molecular weight excluding hydrogens is 356 g/mol. The summed E-state index contributed by atoms with van der Waals surface area (Å²) in [5.41, 5.74) is 4.54. The summed E-state index contributed by atoms with van der Waals surface area (Å²) in [6, 6.07) is 19.0. The van der Waals surface area contributed by atoms with Gasteiger partial charge in [-0.2, -0.15) is 0 Å². The largest absolute Gasteiger partial charge is 0.292 e. The summed E-state index contributed by atoms with van der Waals surface area (Å²) in [7, 11) is 0. The first-order valence-corrected chi connectivity index (χ1v) is 8.68. The Hall–Kier alpha value is -1.91. The summed E-state index contributed by atoms with van der Waals surface area (Å²) in [4.78, 5) is 6.00. The first kappa shape index (κ1) is 13.7. The maximum Gasteiger partial charge on any atom is 0.155 e. The number of hydrogen-bond donors (Lipinski definition) is 0. The van der Waals surface area contributed by atoms with Crippen molar-refractivity contribution in [1.29, 1.82) is 0 Å². The average Bonchev–Trinajstić information content (AvgIpc) is 3.11. The van der Waals surface area contributed by atoms with E-state index in [1.54, 1.807) is 11.3 Å². The molecule has 0 saturated heterocycles. The highest BCUT2D eigenvalue weighted by atomic mass is 79.9. The van der Waals surface area contributed by atoms with Gasteiger partial charge in [0.1, 0.15) is 0 Å². The van der Waals surface area contributed by atoms with Crippen LogP contribution < -0.4 is 0 Å². The molecule has 0 spiro atoms. The molecule has 4 aromatic rings. The first-order chi connectivity index (χ1) is 10.7. The van der Waals surface area contributed by atoms with Crippen LogP contribution in [0.25, 0.3) is 27.4 Å². The summed E-state index contributed by atoms with van der Waals surface area (Å²) in [6.07, 6.45) is 0. The fraction of sp³-hybridized carbons (Fsp3) is 0.0556. The average molecular weight is 369 g/mol. The number of aromatic nitrogens is 2. The second-order valence-corrected chi connectivity index (χ2v) is 7.05. The molecule has 108 valence electrons. The van der Waals surface area contributed by atoms with Crippen LogP contribution >= 0.6 is 27.3 Å². The number of halogens is 1. The number of benzene rings is 2. The van der Waals surface area contributed by atoms with Crippen molar-refractivity contribution in [3.05, 3.63) is 70.0 Å². The molecular formula is C18H13BrN2S. The van der Waals surface area contributed by atoms with E-state index in [4.69, 9.17) is 4.98 Å². The summed E-state index contributed by atoms with van der Waals surface area (Å²) >= 11 is 5.24. The Bertz CT molecular complexity index is 951. The Morgan fingerprint density at radius 3 is 2.55 bits per heavy atom. The van der Waals surface area contributed by atoms with Crippen LogP contribution in [0.1, 0.15) is 5.56 Å². The van der Waals surface area contributed by atoms with Crippen LogP contribution in [0.2, 0.25) is 0 Å². The Morgan fingerprint density at radius 2 is 1.82 bits per heavy atom. The van der Waals surface area contributed by atoms with Crippen molar-refractivity contribution in [3.63, 3.8) is 0 Å². The molecule has 4 rings (SSSR count). The predicted molar refractivity (Wildman–Crippen MR) is 96.8 cm³/mol. The highest BCUT2D eigenvalue weighted by Gasteiger charge is 2.15. The Morgan fingerprint density at radius 1 is 1.05 bits per heavy atom. The summed E-state index contributed by atoms with van der Waals surface area (Å²) in [5, 5.41) is 2.09. The number of rotatable bonds is 2. The fourth-order valence-electron chi connectivity index (χ4n) is 2.58. The molecule has 2 aromatic heterocycles. The van der Waals surface area contributed by atoms with E-state index in [0.717, 1.165) is 31.9 Å². The quantitative estimate of drug-likeness (QED) is 0.435. The number of nitrogens with zero attached hydrogens (tertiary/aromatic N) is 2. The molecule has 0 bridgehead atoms. The lowest BCUT2D eigenvalue weighted by Gasteiger charge is -2.08. The lowest BCUT2D eigenvalue weighted by atomic mass is 10.2. The molecule has 4 heteroatoms. The monoisotopic (exact) mass is 368 g/mol. The lowest BCUT2D eigenvalue weighted by molar-refractivity contribution is 1.11. The van der Waals surface area contributed by atoms with Gasteiger partial charge in [0.25, 0.3) is 0 Å². The van der Waals surface area contributed by atoms with E-state index in [1.807, 2.05) is 6.07 Å². The predicted octanol–water partition coefficient (Wildman–Crippen LogP) is 5.82. The molecule has 2 nitrogen and oxygen atoms in total. The molecule has 0 aliphatic heterocycles. The van der Waals surface area contributed by atoms with Crippen LogP contribution in [0.4, 0.5) is 0 Å². The number of aryl methyl sites for hydroxylation is 1. The van der Waals surface area contributed by atoms with Crippen molar-refractivity contribution < 1.29 is 0 Å². The second-order valence-electron chi connectivity index (χ2n) is 5.22. The van der Waals surface area contributed by atoms with Gasteiger partial charge in [-0.15, -0.1) is 11.3 Å². The standard InChI is InChI=1S/C18H13BrN2S/c1-12-6-8-14(9-7-12)21-16-5-3-2-4-15(16)20-18(21)17-10-13(19)11-22-17/h2-11H,1H3. The van der Waals surface area contributed by atoms with Gasteiger partial charge in [-0.3, -0.25) is 4.57 Å². The van der Waals surface area contributed by atoms with E-state index in [1.165, 1.54) is 5.56 Å². The smallest absolute Gasteiger partial charge is 0.155 e. The highest BCUT2D eigenvalue weighted by Crippen LogP contribution is 2.33. The van der Waals surface area contributed by atoms with Crippen molar-refractivity contribution in [2.24, 2.45) is 0 Å². The van der Waals surface area contributed by atoms with Crippen LogP contribution in [0.15, 0.2) is 64.5 Å². The summed E-state index contributed by atoms with van der Waals surface area (Å²) in [5.74, 6) is 0.987. The molecule has 0 amide bonds. The van der Waals surface area contributed by atoms with Gasteiger partial charge >= 0.3 is 0 Å². The van der Waals surface area contributed by atoms with Gasteiger partial charge in [-0.25, -0.2) is 4.98 Å². The van der Waals surface area contributed by atoms with Crippen molar-refractivity contribution in [1.82, 2.24) is 9.55 Å². The minimum Gasteiger partial charge on any atom is -0.292 e. The number of hydrogen-bond acceptors (Lipinski definition) is 2. The Labute approximate surface area is 141 Å². The molecule has 2 heterocycles. The third-order valence-electron chi connectivity index (χ3n) is 3.64. The van der Waals surface area contributed by atoms with E-state index in [2.05, 4.69) is 81.3 Å². The van der Waals surface area contributed by atoms with Crippen molar-refractivity contribution in [2.75, 3.05) is 0 Å².